The van der Waals surface area contributed by atoms with Crippen LogP contribution in [-0.2, 0) is 89.6 Å². The summed E-state index contributed by atoms with van der Waals surface area (Å²) in [6.45, 7) is 9.58. The average Bonchev–Trinajstić information content (AvgIpc) is 1.64. The molecule has 4 rings (SSSR count). The first kappa shape index (κ1) is 96.4. The highest BCUT2D eigenvalue weighted by Gasteiger charge is 2.42. The van der Waals surface area contributed by atoms with Crippen molar-refractivity contribution >= 4 is 107 Å². The number of amides is 14. The highest BCUT2D eigenvalue weighted by molar-refractivity contribution is 6.01. The van der Waals surface area contributed by atoms with E-state index in [0.29, 0.717) is 24.0 Å². The normalized spacial score (nSPS) is 16.5. The monoisotopic (exact) mass is 1630 g/mol. The van der Waals surface area contributed by atoms with Crippen molar-refractivity contribution in [3.05, 3.63) is 59.7 Å². The number of phenolic OH excluding ortho intramolecular Hbond substituents is 2. The Labute approximate surface area is 671 Å². The number of carboxylic acids is 2. The van der Waals surface area contributed by atoms with Gasteiger partial charge in [-0.05, 0) is 143 Å². The number of hydrogen-bond acceptors (Lipinski definition) is 21. The number of aliphatic carboxylic acids is 2. The number of benzene rings is 2. The van der Waals surface area contributed by atoms with Crippen molar-refractivity contribution in [1.82, 2.24) is 68.7 Å². The Hall–Kier alpha value is -11.9. The number of aliphatic imine (C=N–C) groups is 2. The van der Waals surface area contributed by atoms with Crippen molar-refractivity contribution in [2.45, 2.75) is 236 Å². The molecule has 642 valence electrons. The van der Waals surface area contributed by atoms with Crippen LogP contribution in [0.5, 0.6) is 11.5 Å². The number of phenols is 2. The summed E-state index contributed by atoms with van der Waals surface area (Å²) in [4.78, 5) is 230. The molecule has 2 saturated heterocycles. The Morgan fingerprint density at radius 2 is 0.974 bits per heavy atom. The van der Waals surface area contributed by atoms with E-state index in [9.17, 15) is 97.1 Å². The second-order valence-electron chi connectivity index (χ2n) is 29.7. The van der Waals surface area contributed by atoms with Gasteiger partial charge in [0.25, 0.3) is 0 Å². The van der Waals surface area contributed by atoms with Crippen molar-refractivity contribution in [3.63, 3.8) is 0 Å². The molecule has 0 spiro atoms. The van der Waals surface area contributed by atoms with Gasteiger partial charge in [0.2, 0.25) is 82.7 Å². The fourth-order valence-electron chi connectivity index (χ4n) is 12.8. The van der Waals surface area contributed by atoms with Crippen LogP contribution in [0.15, 0.2) is 58.5 Å². The third kappa shape index (κ3) is 34.4. The van der Waals surface area contributed by atoms with Crippen LogP contribution in [0.2, 0.25) is 0 Å². The van der Waals surface area contributed by atoms with Gasteiger partial charge in [-0.15, -0.1) is 0 Å². The van der Waals surface area contributed by atoms with E-state index in [1.165, 1.54) is 48.5 Å². The molecule has 2 aromatic carbocycles. The number of primary amides is 1. The molecule has 0 saturated carbocycles. The number of hydrogen-bond donors (Lipinski definition) is 22. The number of guanidine groups is 2. The maximum absolute atomic E-state index is 15.0. The zero-order valence-electron chi connectivity index (χ0n) is 66.4. The average molecular weight is 1630 g/mol. The number of carbonyl (C=O) groups is 16. The van der Waals surface area contributed by atoms with Crippen LogP contribution in [0.25, 0.3) is 0 Å². The van der Waals surface area contributed by atoms with Crippen LogP contribution < -0.4 is 98.2 Å². The van der Waals surface area contributed by atoms with E-state index in [2.05, 4.69) is 73.8 Å². The van der Waals surface area contributed by atoms with Gasteiger partial charge in [0, 0.05) is 45.3 Å². The number of rotatable bonds is 51. The molecule has 41 nitrogen and oxygen atoms in total. The number of aromatic hydroxyl groups is 2. The first-order valence-electron chi connectivity index (χ1n) is 38.8. The molecule has 13 atom stereocenters. The maximum atomic E-state index is 15.0. The van der Waals surface area contributed by atoms with Gasteiger partial charge in [0.05, 0.1) is 13.0 Å². The Morgan fingerprint density at radius 1 is 0.517 bits per heavy atom. The maximum Gasteiger partial charge on any atom is 0.326 e. The summed E-state index contributed by atoms with van der Waals surface area (Å²) < 4.78 is 0. The molecule has 0 unspecified atom stereocenters. The minimum Gasteiger partial charge on any atom is -0.508 e. The Kier molecular flexibility index (Phi) is 40.7. The predicted molar refractivity (Wildman–Crippen MR) is 421 cm³/mol. The summed E-state index contributed by atoms with van der Waals surface area (Å²) in [5, 5.41) is 70.4. The lowest BCUT2D eigenvalue weighted by Gasteiger charge is -2.31. The molecule has 41 heteroatoms. The molecule has 2 heterocycles. The Bertz CT molecular complexity index is 3780. The zero-order chi connectivity index (χ0) is 86.5. The lowest BCUT2D eigenvalue weighted by molar-refractivity contribution is -0.143. The van der Waals surface area contributed by atoms with Crippen LogP contribution in [0.1, 0.15) is 162 Å². The largest absolute Gasteiger partial charge is 0.508 e. The van der Waals surface area contributed by atoms with Crippen LogP contribution in [0, 0.1) is 17.8 Å². The third-order valence-electron chi connectivity index (χ3n) is 19.1. The third-order valence-corrected chi connectivity index (χ3v) is 19.1. The summed E-state index contributed by atoms with van der Waals surface area (Å²) in [5.41, 5.74) is 34.6. The van der Waals surface area contributed by atoms with Gasteiger partial charge >= 0.3 is 11.9 Å². The van der Waals surface area contributed by atoms with Crippen molar-refractivity contribution in [2.75, 3.05) is 32.7 Å². The molecule has 2 aliphatic heterocycles. The van der Waals surface area contributed by atoms with E-state index in [1.807, 2.05) is 0 Å². The summed E-state index contributed by atoms with van der Waals surface area (Å²) in [5.74, 6) is -17.2. The van der Waals surface area contributed by atoms with E-state index < -0.39 is 193 Å². The van der Waals surface area contributed by atoms with E-state index >= 15 is 0 Å². The minimum absolute atomic E-state index is 0.00215. The number of likely N-dealkylation sites (tertiary alicyclic amines) is 1. The first-order chi connectivity index (χ1) is 54.8. The number of carboxylic acid groups (broad SMARTS) is 2. The molecule has 0 aliphatic carbocycles. The summed E-state index contributed by atoms with van der Waals surface area (Å²) >= 11 is 0. The van der Waals surface area contributed by atoms with E-state index in [1.54, 1.807) is 41.5 Å². The number of nitrogens with zero attached hydrogens (tertiary/aromatic N) is 3. The molecule has 0 bridgehead atoms. The molecule has 28 N–H and O–H groups in total. The smallest absolute Gasteiger partial charge is 0.326 e. The van der Waals surface area contributed by atoms with Crippen molar-refractivity contribution in [3.8, 4) is 11.5 Å². The molecule has 116 heavy (non-hydrogen) atoms. The van der Waals surface area contributed by atoms with Gasteiger partial charge in [0.15, 0.2) is 11.9 Å². The summed E-state index contributed by atoms with van der Waals surface area (Å²) in [6.07, 6.45) is -1.94. The van der Waals surface area contributed by atoms with Gasteiger partial charge in [-0.3, -0.25) is 81.9 Å². The van der Waals surface area contributed by atoms with Crippen molar-refractivity contribution in [2.24, 2.45) is 62.1 Å². The fraction of sp³-hybridized carbons (Fsp3) is 0.600. The lowest BCUT2D eigenvalue weighted by atomic mass is 9.96. The van der Waals surface area contributed by atoms with Gasteiger partial charge in [-0.25, -0.2) is 4.79 Å². The minimum atomic E-state index is -1.93. The molecule has 14 amide bonds. The first-order valence-corrected chi connectivity index (χ1v) is 38.8. The molecular formula is C75H117N21O20. The van der Waals surface area contributed by atoms with Crippen LogP contribution >= 0.6 is 0 Å². The van der Waals surface area contributed by atoms with E-state index in [-0.39, 0.29) is 157 Å². The summed E-state index contributed by atoms with van der Waals surface area (Å²) in [7, 11) is 0. The molecule has 2 aromatic rings. The van der Waals surface area contributed by atoms with Crippen LogP contribution in [0.3, 0.4) is 0 Å². The quantitative estimate of drug-likeness (QED) is 0.0168. The SMILES string of the molecule is CC[C@H](C)[C@H](NC(=O)[C@H](Cc1ccc(O)cc1)NC(=O)CNC(=O)[C@H](CCCN=C(N)N)NC(=O)[C@H](CCCN=C(N)N)NC(=O)[C@@H]1CCCN1C(=O)[C@H](CCCCN)NC(=O)[C@H](CC(N)=O)NC(=O)[C@H](CCC(=O)O)NC(=O)[C@H](Cc1ccc(O)cc1)NC(=O)[C@H](CC(C)C)NC(=O)[C@@H]1CCC(=O)N1)C(=O)N[C@@H](CC(C)C)C(=O)O. The standard InChI is InChI=1S/C75H117N21O20/c1-7-41(6)61(71(113)94-55(73(115)116)34-40(4)5)95-69(111)52(35-42-17-21-44(97)22-18-42)86-59(101)38-84-62(104)46(14-10-30-82-74(78)79)87-63(105)47(15-11-31-83-75(80)81)89-70(112)56-16-12-32-96(56)72(114)50(13-8-9-29-76)90-68(110)54(37-57(77)99)93-65(107)49(26-28-60(102)103)88-67(109)53(36-43-19-23-45(98)24-20-43)92-66(108)51(33-39(2)3)91-64(106)48-25-27-58(100)85-48/h17-24,39-41,46-56,61,97-98H,7-16,25-38,76H2,1-6H3,(H2,77,99)(H,84,104)(H,85,100)(H,86,101)(H,87,105)(H,88,109)(H,89,112)(H,90,110)(H,91,106)(H,92,108)(H,93,107)(H,94,113)(H,95,111)(H,102,103)(H,115,116)(H4,78,79,82)(H4,80,81,83)/t41-,46-,47-,48-,49-,50-,51-,52-,53-,54-,55-,56-,61-/m0/s1. The molecule has 2 aliphatic rings. The number of unbranched alkanes of at least 4 members (excludes halogenated alkanes) is 1. The summed E-state index contributed by atoms with van der Waals surface area (Å²) in [6, 6.07) is -6.34. The Morgan fingerprint density at radius 3 is 1.47 bits per heavy atom. The van der Waals surface area contributed by atoms with E-state index in [0.717, 1.165) is 4.90 Å². The molecule has 0 radical (unpaired) electrons. The second kappa shape index (κ2) is 49.0. The number of carbonyl (C=O) groups excluding carboxylic acids is 14. The predicted octanol–water partition coefficient (Wildman–Crippen LogP) is -4.68. The molecule has 2 fully saturated rings. The highest BCUT2D eigenvalue weighted by atomic mass is 16.4. The van der Waals surface area contributed by atoms with Gasteiger partial charge < -0.3 is 124 Å². The topological polar surface area (TPSA) is 682 Å². The van der Waals surface area contributed by atoms with Gasteiger partial charge in [-0.1, -0.05) is 72.2 Å². The highest BCUT2D eigenvalue weighted by Crippen LogP contribution is 2.23. The van der Waals surface area contributed by atoms with Crippen molar-refractivity contribution in [1.29, 1.82) is 0 Å². The number of nitrogens with one attached hydrogen (secondary N) is 12. The van der Waals surface area contributed by atoms with Crippen LogP contribution in [-0.4, -0.2) is 237 Å². The number of nitrogens with two attached hydrogens (primary N) is 6. The molecule has 0 aromatic heterocycles. The van der Waals surface area contributed by atoms with E-state index in [4.69, 9.17) is 34.4 Å². The molecular weight excluding hydrogens is 1510 g/mol. The van der Waals surface area contributed by atoms with Crippen LogP contribution in [0.4, 0.5) is 0 Å². The zero-order valence-corrected chi connectivity index (χ0v) is 66.4. The van der Waals surface area contributed by atoms with Gasteiger partial charge in [0.1, 0.15) is 84.0 Å². The lowest BCUT2D eigenvalue weighted by Crippen LogP contribution is -2.61. The van der Waals surface area contributed by atoms with Crippen molar-refractivity contribution < 1.29 is 97.1 Å². The Balaban J connectivity index is 1.62. The second-order valence-corrected chi connectivity index (χ2v) is 29.7. The van der Waals surface area contributed by atoms with Gasteiger partial charge in [-0.2, -0.15) is 0 Å². The fourth-order valence-corrected chi connectivity index (χ4v) is 12.8.